The standard InChI is InChI=1S/C15H18N2O4/c1-15(2,3)21-14(19)16-12-10-7-5-6-8-11(10)17(9-20-4)13(12)18/h5-8H,9H2,1-4H3/b16-12-. The van der Waals surface area contributed by atoms with Crippen LogP contribution >= 0.6 is 0 Å². The molecule has 6 heteroatoms. The Hall–Kier alpha value is -2.21. The summed E-state index contributed by atoms with van der Waals surface area (Å²) in [6.07, 6.45) is -0.778. The minimum Gasteiger partial charge on any atom is -0.442 e. The Morgan fingerprint density at radius 3 is 2.57 bits per heavy atom. The van der Waals surface area contributed by atoms with Crippen LogP contribution in [-0.2, 0) is 14.3 Å². The van der Waals surface area contributed by atoms with Crippen LogP contribution in [0.2, 0.25) is 0 Å². The number of aliphatic imine (C=N–C) groups is 1. The number of rotatable bonds is 2. The van der Waals surface area contributed by atoms with Crippen molar-refractivity contribution in [2.45, 2.75) is 26.4 Å². The van der Waals surface area contributed by atoms with Crippen molar-refractivity contribution in [1.29, 1.82) is 0 Å². The van der Waals surface area contributed by atoms with Crippen molar-refractivity contribution in [1.82, 2.24) is 0 Å². The van der Waals surface area contributed by atoms with Crippen molar-refractivity contribution >= 4 is 23.4 Å². The molecule has 0 atom stereocenters. The maximum atomic E-state index is 12.4. The van der Waals surface area contributed by atoms with E-state index in [1.54, 1.807) is 39.0 Å². The molecule has 1 aromatic rings. The Morgan fingerprint density at radius 2 is 1.95 bits per heavy atom. The topological polar surface area (TPSA) is 68.2 Å². The molecule has 1 heterocycles. The third kappa shape index (κ3) is 3.28. The van der Waals surface area contributed by atoms with Gasteiger partial charge in [0.1, 0.15) is 18.0 Å². The highest BCUT2D eigenvalue weighted by molar-refractivity contribution is 6.55. The van der Waals surface area contributed by atoms with Crippen molar-refractivity contribution in [3.8, 4) is 0 Å². The van der Waals surface area contributed by atoms with Gasteiger partial charge in [-0.25, -0.2) is 4.79 Å². The molecule has 6 nitrogen and oxygen atoms in total. The number of methoxy groups -OCH3 is 1. The van der Waals surface area contributed by atoms with Crippen LogP contribution in [0.15, 0.2) is 29.3 Å². The molecule has 0 N–H and O–H groups in total. The second kappa shape index (κ2) is 5.65. The van der Waals surface area contributed by atoms with Crippen LogP contribution in [0.25, 0.3) is 0 Å². The molecule has 21 heavy (non-hydrogen) atoms. The van der Waals surface area contributed by atoms with Crippen LogP contribution in [0, 0.1) is 0 Å². The molecule has 0 aromatic heterocycles. The van der Waals surface area contributed by atoms with Gasteiger partial charge >= 0.3 is 6.09 Å². The number of fused-ring (bicyclic) bond motifs is 1. The number of para-hydroxylation sites is 1. The Kier molecular flexibility index (Phi) is 4.09. The molecule has 1 aliphatic heterocycles. The minimum atomic E-state index is -0.778. The van der Waals surface area contributed by atoms with Crippen molar-refractivity contribution in [2.24, 2.45) is 4.99 Å². The van der Waals surface area contributed by atoms with Gasteiger partial charge in [-0.3, -0.25) is 9.69 Å². The van der Waals surface area contributed by atoms with Crippen molar-refractivity contribution in [3.05, 3.63) is 29.8 Å². The number of carbonyl (C=O) groups is 2. The maximum Gasteiger partial charge on any atom is 0.434 e. The van der Waals surface area contributed by atoms with Crippen LogP contribution in [-0.4, -0.2) is 37.2 Å². The number of ether oxygens (including phenoxy) is 2. The van der Waals surface area contributed by atoms with E-state index in [1.807, 2.05) is 6.07 Å². The first-order chi connectivity index (χ1) is 9.83. The Balaban J connectivity index is 2.36. The average Bonchev–Trinajstić information content (AvgIpc) is 2.63. The summed E-state index contributed by atoms with van der Waals surface area (Å²) in [5.41, 5.74) is 0.697. The number of carbonyl (C=O) groups excluding carboxylic acids is 2. The van der Waals surface area contributed by atoms with Gasteiger partial charge in [-0.2, -0.15) is 4.99 Å². The van der Waals surface area contributed by atoms with E-state index < -0.39 is 11.7 Å². The molecule has 0 bridgehead atoms. The second-order valence-corrected chi connectivity index (χ2v) is 5.61. The first-order valence-corrected chi connectivity index (χ1v) is 6.55. The molecule has 0 saturated heterocycles. The lowest BCUT2D eigenvalue weighted by Crippen LogP contribution is -2.32. The Labute approximate surface area is 123 Å². The largest absolute Gasteiger partial charge is 0.442 e. The van der Waals surface area contributed by atoms with Crippen molar-refractivity contribution in [2.75, 3.05) is 18.7 Å². The molecule has 1 aliphatic rings. The van der Waals surface area contributed by atoms with Crippen molar-refractivity contribution in [3.63, 3.8) is 0 Å². The molecule has 0 unspecified atom stereocenters. The zero-order chi connectivity index (χ0) is 15.6. The lowest BCUT2D eigenvalue weighted by Gasteiger charge is -2.17. The predicted molar refractivity (Wildman–Crippen MR) is 78.6 cm³/mol. The van der Waals surface area contributed by atoms with Gasteiger partial charge in [0.25, 0.3) is 5.91 Å². The summed E-state index contributed by atoms with van der Waals surface area (Å²) in [6.45, 7) is 5.33. The van der Waals surface area contributed by atoms with E-state index in [2.05, 4.69) is 4.99 Å². The zero-order valence-corrected chi connectivity index (χ0v) is 12.5. The SMILES string of the molecule is COCN1C(=O)/C(=N\C(=O)OC(C)(C)C)c2ccccc21. The van der Waals surface area contributed by atoms with E-state index in [4.69, 9.17) is 9.47 Å². The van der Waals surface area contributed by atoms with E-state index >= 15 is 0 Å². The average molecular weight is 290 g/mol. The smallest absolute Gasteiger partial charge is 0.434 e. The quantitative estimate of drug-likeness (QED) is 0.838. The van der Waals surface area contributed by atoms with E-state index in [9.17, 15) is 9.59 Å². The molecule has 0 spiro atoms. The van der Waals surface area contributed by atoms with Gasteiger partial charge in [-0.15, -0.1) is 0 Å². The fourth-order valence-corrected chi connectivity index (χ4v) is 2.00. The fourth-order valence-electron chi connectivity index (χ4n) is 2.00. The van der Waals surface area contributed by atoms with Crippen LogP contribution in [0.1, 0.15) is 26.3 Å². The van der Waals surface area contributed by atoms with E-state index in [1.165, 1.54) is 12.0 Å². The third-order valence-corrected chi connectivity index (χ3v) is 2.75. The van der Waals surface area contributed by atoms with Gasteiger partial charge in [-0.05, 0) is 26.8 Å². The summed E-state index contributed by atoms with van der Waals surface area (Å²) in [5, 5.41) is 0. The number of nitrogens with zero attached hydrogens (tertiary/aromatic N) is 2. The number of hydrogen-bond donors (Lipinski definition) is 0. The summed E-state index contributed by atoms with van der Waals surface area (Å²) in [4.78, 5) is 29.4. The zero-order valence-electron chi connectivity index (χ0n) is 12.5. The molecular weight excluding hydrogens is 272 g/mol. The van der Waals surface area contributed by atoms with Crippen LogP contribution < -0.4 is 4.90 Å². The molecular formula is C15H18N2O4. The monoisotopic (exact) mass is 290 g/mol. The number of amides is 2. The first kappa shape index (κ1) is 15.2. The second-order valence-electron chi connectivity index (χ2n) is 5.61. The van der Waals surface area contributed by atoms with E-state index in [-0.39, 0.29) is 18.3 Å². The predicted octanol–water partition coefficient (Wildman–Crippen LogP) is 2.36. The van der Waals surface area contributed by atoms with E-state index in [0.717, 1.165) is 0 Å². The van der Waals surface area contributed by atoms with Crippen molar-refractivity contribution < 1.29 is 19.1 Å². The molecule has 2 rings (SSSR count). The lowest BCUT2D eigenvalue weighted by atomic mass is 10.1. The highest BCUT2D eigenvalue weighted by Crippen LogP contribution is 2.29. The van der Waals surface area contributed by atoms with Gasteiger partial charge in [-0.1, -0.05) is 18.2 Å². The molecule has 0 aliphatic carbocycles. The molecule has 0 radical (unpaired) electrons. The Morgan fingerprint density at radius 1 is 1.29 bits per heavy atom. The summed E-state index contributed by atoms with van der Waals surface area (Å²) >= 11 is 0. The van der Waals surface area contributed by atoms with Gasteiger partial charge in [0.2, 0.25) is 0 Å². The van der Waals surface area contributed by atoms with Crippen LogP contribution in [0.3, 0.4) is 0 Å². The highest BCUT2D eigenvalue weighted by atomic mass is 16.6. The lowest BCUT2D eigenvalue weighted by molar-refractivity contribution is -0.113. The fraction of sp³-hybridized carbons (Fsp3) is 0.400. The minimum absolute atomic E-state index is 0.0805. The maximum absolute atomic E-state index is 12.4. The molecule has 0 fully saturated rings. The van der Waals surface area contributed by atoms with Crippen LogP contribution in [0.5, 0.6) is 0 Å². The first-order valence-electron chi connectivity index (χ1n) is 6.55. The van der Waals surface area contributed by atoms with Gasteiger partial charge in [0.05, 0.1) is 5.69 Å². The third-order valence-electron chi connectivity index (χ3n) is 2.75. The molecule has 0 saturated carbocycles. The molecule has 2 amide bonds. The Bertz CT molecular complexity index is 602. The number of benzene rings is 1. The van der Waals surface area contributed by atoms with E-state index in [0.29, 0.717) is 11.3 Å². The summed E-state index contributed by atoms with van der Waals surface area (Å²) < 4.78 is 10.2. The van der Waals surface area contributed by atoms with Gasteiger partial charge in [0, 0.05) is 12.7 Å². The van der Waals surface area contributed by atoms with Gasteiger partial charge < -0.3 is 9.47 Å². The molecule has 1 aromatic carbocycles. The normalized spacial score (nSPS) is 16.3. The number of hydrogen-bond acceptors (Lipinski definition) is 4. The summed E-state index contributed by atoms with van der Waals surface area (Å²) in [5.74, 6) is -0.371. The van der Waals surface area contributed by atoms with Crippen LogP contribution in [0.4, 0.5) is 10.5 Å². The van der Waals surface area contributed by atoms with Gasteiger partial charge in [0.15, 0.2) is 0 Å². The number of anilines is 1. The molecule has 112 valence electrons. The summed E-state index contributed by atoms with van der Waals surface area (Å²) in [7, 11) is 1.50. The highest BCUT2D eigenvalue weighted by Gasteiger charge is 2.34. The summed E-state index contributed by atoms with van der Waals surface area (Å²) in [6, 6.07) is 7.12.